The molecule has 0 heterocycles. The lowest BCUT2D eigenvalue weighted by atomic mass is 10.3. The van der Waals surface area contributed by atoms with Crippen molar-refractivity contribution in [2.75, 3.05) is 12.3 Å². The van der Waals surface area contributed by atoms with Gasteiger partial charge in [0.1, 0.15) is 0 Å². The molecule has 1 atom stereocenters. The SMILES string of the molecule is NCC(=CF)CS(=O)O. The molecule has 0 aliphatic carbocycles. The smallest absolute Gasteiger partial charge is 0.157 e. The van der Waals surface area contributed by atoms with Crippen molar-refractivity contribution in [2.24, 2.45) is 5.73 Å². The summed E-state index contributed by atoms with van der Waals surface area (Å²) < 4.78 is 29.7. The van der Waals surface area contributed by atoms with Gasteiger partial charge in [0.2, 0.25) is 0 Å². The quantitative estimate of drug-likeness (QED) is 0.562. The molecule has 0 aliphatic heterocycles. The molecule has 0 saturated heterocycles. The number of nitrogens with two attached hydrogens (primary N) is 1. The van der Waals surface area contributed by atoms with Crippen LogP contribution >= 0.6 is 0 Å². The van der Waals surface area contributed by atoms with E-state index in [4.69, 9.17) is 10.3 Å². The van der Waals surface area contributed by atoms with Crippen molar-refractivity contribution in [1.82, 2.24) is 0 Å². The van der Waals surface area contributed by atoms with Crippen LogP contribution in [-0.4, -0.2) is 21.1 Å². The Hall–Kier alpha value is -0.260. The van der Waals surface area contributed by atoms with E-state index in [1.165, 1.54) is 0 Å². The molecule has 0 aromatic rings. The molecule has 0 aliphatic rings. The number of hydrogen-bond acceptors (Lipinski definition) is 2. The van der Waals surface area contributed by atoms with Crippen LogP contribution in [0.4, 0.5) is 4.39 Å². The second-order valence-electron chi connectivity index (χ2n) is 1.44. The third-order valence-corrected chi connectivity index (χ3v) is 1.34. The van der Waals surface area contributed by atoms with Crippen molar-refractivity contribution in [2.45, 2.75) is 0 Å². The van der Waals surface area contributed by atoms with Gasteiger partial charge in [0.25, 0.3) is 0 Å². The van der Waals surface area contributed by atoms with Gasteiger partial charge >= 0.3 is 0 Å². The largest absolute Gasteiger partial charge is 0.327 e. The molecule has 1 unspecified atom stereocenters. The zero-order valence-electron chi connectivity index (χ0n) is 4.71. The van der Waals surface area contributed by atoms with Crippen LogP contribution < -0.4 is 5.73 Å². The van der Waals surface area contributed by atoms with Crippen LogP contribution in [0.2, 0.25) is 0 Å². The van der Waals surface area contributed by atoms with E-state index < -0.39 is 11.1 Å². The molecule has 0 spiro atoms. The highest BCUT2D eigenvalue weighted by Gasteiger charge is 1.97. The van der Waals surface area contributed by atoms with Gasteiger partial charge in [-0.25, -0.2) is 8.60 Å². The molecule has 5 heteroatoms. The van der Waals surface area contributed by atoms with Crippen LogP contribution in [0.3, 0.4) is 0 Å². The normalized spacial score (nSPS) is 15.7. The predicted octanol–water partition coefficient (Wildman–Crippen LogP) is 0.0202. The first-order valence-corrected chi connectivity index (χ1v) is 3.54. The Kier molecular flexibility index (Phi) is 4.47. The van der Waals surface area contributed by atoms with E-state index >= 15 is 0 Å². The Labute approximate surface area is 55.0 Å². The summed E-state index contributed by atoms with van der Waals surface area (Å²) in [6, 6.07) is 0. The van der Waals surface area contributed by atoms with Crippen LogP contribution in [0.15, 0.2) is 11.9 Å². The summed E-state index contributed by atoms with van der Waals surface area (Å²) in [6.45, 7) is -0.0111. The maximum absolute atomic E-state index is 11.5. The molecule has 54 valence electrons. The van der Waals surface area contributed by atoms with Gasteiger partial charge in [-0.1, -0.05) is 0 Å². The first-order valence-electron chi connectivity index (χ1n) is 2.26. The van der Waals surface area contributed by atoms with E-state index in [0.29, 0.717) is 0 Å². The molecule has 0 bridgehead atoms. The summed E-state index contributed by atoms with van der Waals surface area (Å²) >= 11 is -1.98. The average molecular weight is 153 g/mol. The third-order valence-electron chi connectivity index (χ3n) is 0.725. The second-order valence-corrected chi connectivity index (χ2v) is 2.37. The maximum atomic E-state index is 11.5. The molecular weight excluding hydrogens is 145 g/mol. The fraction of sp³-hybridized carbons (Fsp3) is 0.500. The van der Waals surface area contributed by atoms with Crippen molar-refractivity contribution in [3.05, 3.63) is 11.9 Å². The lowest BCUT2D eigenvalue weighted by molar-refractivity contribution is 0.565. The van der Waals surface area contributed by atoms with E-state index in [9.17, 15) is 8.60 Å². The Morgan fingerprint density at radius 3 is 2.56 bits per heavy atom. The molecule has 0 fully saturated rings. The minimum absolute atomic E-state index is 0.0111. The second kappa shape index (κ2) is 4.60. The minimum atomic E-state index is -1.98. The zero-order chi connectivity index (χ0) is 7.28. The van der Waals surface area contributed by atoms with E-state index in [0.717, 1.165) is 0 Å². The molecule has 0 aromatic heterocycles. The summed E-state index contributed by atoms with van der Waals surface area (Å²) in [7, 11) is 0. The highest BCUT2D eigenvalue weighted by molar-refractivity contribution is 7.79. The van der Waals surface area contributed by atoms with Crippen LogP contribution in [0.25, 0.3) is 0 Å². The number of halogens is 1. The van der Waals surface area contributed by atoms with Crippen LogP contribution in [-0.2, 0) is 11.1 Å². The lowest BCUT2D eigenvalue weighted by Gasteiger charge is -1.94. The van der Waals surface area contributed by atoms with Gasteiger partial charge in [-0.3, -0.25) is 0 Å². The molecule has 0 amide bonds. The highest BCUT2D eigenvalue weighted by Crippen LogP contribution is 1.93. The van der Waals surface area contributed by atoms with Crippen molar-refractivity contribution in [3.8, 4) is 0 Å². The Morgan fingerprint density at radius 1 is 1.89 bits per heavy atom. The Balaban J connectivity index is 3.71. The van der Waals surface area contributed by atoms with Crippen LogP contribution in [0, 0.1) is 0 Å². The van der Waals surface area contributed by atoms with Gasteiger partial charge in [0, 0.05) is 6.54 Å². The molecule has 0 saturated carbocycles. The van der Waals surface area contributed by atoms with E-state index in [-0.39, 0.29) is 24.2 Å². The van der Waals surface area contributed by atoms with Gasteiger partial charge in [0.15, 0.2) is 11.1 Å². The van der Waals surface area contributed by atoms with E-state index in [1.54, 1.807) is 0 Å². The van der Waals surface area contributed by atoms with Crippen molar-refractivity contribution in [1.29, 1.82) is 0 Å². The van der Waals surface area contributed by atoms with Crippen molar-refractivity contribution < 1.29 is 13.2 Å². The van der Waals surface area contributed by atoms with Crippen molar-refractivity contribution >= 4 is 11.1 Å². The summed E-state index contributed by atoms with van der Waals surface area (Å²) in [5.74, 6) is -0.201. The molecule has 0 radical (unpaired) electrons. The summed E-state index contributed by atoms with van der Waals surface area (Å²) in [5.41, 5.74) is 5.13. The first-order chi connectivity index (χ1) is 4.20. The Morgan fingerprint density at radius 2 is 2.44 bits per heavy atom. The number of hydrogen-bond donors (Lipinski definition) is 2. The molecule has 3 nitrogen and oxygen atoms in total. The first kappa shape index (κ1) is 8.74. The summed E-state index contributed by atoms with van der Waals surface area (Å²) in [6.07, 6.45) is 0.258. The maximum Gasteiger partial charge on any atom is 0.157 e. The molecule has 0 rings (SSSR count). The van der Waals surface area contributed by atoms with Gasteiger partial charge < -0.3 is 10.3 Å². The molecular formula is C4H8FNO2S. The molecule has 9 heavy (non-hydrogen) atoms. The zero-order valence-corrected chi connectivity index (χ0v) is 5.53. The summed E-state index contributed by atoms with van der Waals surface area (Å²) in [4.78, 5) is 0. The van der Waals surface area contributed by atoms with Gasteiger partial charge in [-0.15, -0.1) is 0 Å². The Bertz CT molecular complexity index is 137. The monoisotopic (exact) mass is 153 g/mol. The lowest BCUT2D eigenvalue weighted by Crippen LogP contribution is -2.09. The summed E-state index contributed by atoms with van der Waals surface area (Å²) in [5, 5.41) is 0. The van der Waals surface area contributed by atoms with Crippen LogP contribution in [0.1, 0.15) is 0 Å². The van der Waals surface area contributed by atoms with Gasteiger partial charge in [0.05, 0.1) is 12.1 Å². The highest BCUT2D eigenvalue weighted by atomic mass is 32.2. The van der Waals surface area contributed by atoms with Gasteiger partial charge in [-0.2, -0.15) is 0 Å². The van der Waals surface area contributed by atoms with E-state index in [2.05, 4.69) is 0 Å². The minimum Gasteiger partial charge on any atom is -0.327 e. The van der Waals surface area contributed by atoms with Gasteiger partial charge in [-0.05, 0) is 5.57 Å². The predicted molar refractivity (Wildman–Crippen MR) is 33.9 cm³/mol. The topological polar surface area (TPSA) is 63.3 Å². The van der Waals surface area contributed by atoms with Crippen molar-refractivity contribution in [3.63, 3.8) is 0 Å². The fourth-order valence-electron chi connectivity index (χ4n) is 0.294. The van der Waals surface area contributed by atoms with Crippen LogP contribution in [0.5, 0.6) is 0 Å². The molecule has 0 aromatic carbocycles. The number of rotatable bonds is 3. The molecule has 3 N–H and O–H groups in total. The fourth-order valence-corrected chi connectivity index (χ4v) is 0.792. The third kappa shape index (κ3) is 4.26. The average Bonchev–Trinajstić information content (AvgIpc) is 1.82. The standard InChI is InChI=1S/C4H8FNO2S/c5-1-4(2-6)3-9(7)8/h1H,2-3,6H2,(H,7,8). The van der Waals surface area contributed by atoms with E-state index in [1.807, 2.05) is 0 Å².